The van der Waals surface area contributed by atoms with Gasteiger partial charge in [0.2, 0.25) is 5.91 Å². The minimum atomic E-state index is -0.147. The quantitative estimate of drug-likeness (QED) is 0.544. The number of amides is 1. The fourth-order valence-electron chi connectivity index (χ4n) is 2.21. The fraction of sp³-hybridized carbons (Fsp3) is 0.438. The van der Waals surface area contributed by atoms with Crippen molar-refractivity contribution in [2.45, 2.75) is 31.1 Å². The van der Waals surface area contributed by atoms with Gasteiger partial charge in [0.15, 0.2) is 5.16 Å². The second kappa shape index (κ2) is 9.66. The normalized spacial score (nSPS) is 12.1. The van der Waals surface area contributed by atoms with E-state index in [2.05, 4.69) is 15.5 Å². The monoisotopic (exact) mass is 368 g/mol. The van der Waals surface area contributed by atoms with Crippen molar-refractivity contribution in [3.63, 3.8) is 0 Å². The summed E-state index contributed by atoms with van der Waals surface area (Å²) in [6.07, 6.45) is 2.54. The Bertz CT molecular complexity index is 665. The van der Waals surface area contributed by atoms with E-state index in [1.165, 1.54) is 11.8 Å². The predicted molar refractivity (Wildman–Crippen MR) is 95.2 cm³/mol. The van der Waals surface area contributed by atoms with Crippen LogP contribution < -0.4 is 5.32 Å². The van der Waals surface area contributed by atoms with Gasteiger partial charge in [-0.15, -0.1) is 10.2 Å². The van der Waals surface area contributed by atoms with E-state index >= 15 is 0 Å². The number of nitrogens with zero attached hydrogens (tertiary/aromatic N) is 3. The molecule has 0 aliphatic carbocycles. The molecule has 1 aromatic carbocycles. The van der Waals surface area contributed by atoms with Crippen molar-refractivity contribution >= 4 is 29.3 Å². The second-order valence-corrected chi connectivity index (χ2v) is 6.60. The molecular weight excluding hydrogens is 348 g/mol. The maximum atomic E-state index is 12.2. The largest absolute Gasteiger partial charge is 0.385 e. The number of hydrogen-bond donors (Lipinski definition) is 1. The third-order valence-corrected chi connectivity index (χ3v) is 4.73. The predicted octanol–water partition coefficient (Wildman–Crippen LogP) is 2.94. The molecule has 2 rings (SSSR count). The number of halogens is 1. The maximum absolute atomic E-state index is 12.2. The molecule has 0 unspecified atom stereocenters. The maximum Gasteiger partial charge on any atom is 0.230 e. The summed E-state index contributed by atoms with van der Waals surface area (Å²) in [7, 11) is 1.67. The van der Waals surface area contributed by atoms with Crippen molar-refractivity contribution < 1.29 is 9.53 Å². The number of carbonyl (C=O) groups excluding carboxylic acids is 1. The molecule has 8 heteroatoms. The topological polar surface area (TPSA) is 69.0 Å². The number of thioether (sulfide) groups is 1. The molecule has 6 nitrogen and oxygen atoms in total. The Morgan fingerprint density at radius 1 is 1.46 bits per heavy atom. The number of nitrogens with one attached hydrogen (secondary N) is 1. The van der Waals surface area contributed by atoms with E-state index in [0.717, 1.165) is 23.7 Å². The SMILES string of the molecule is COCCCn1cnnc1SCC(=O)N[C@@H](C)c1ccccc1Cl. The smallest absolute Gasteiger partial charge is 0.230 e. The first-order valence-electron chi connectivity index (χ1n) is 7.65. The standard InChI is InChI=1S/C16H21ClN4O2S/c1-12(13-6-3-4-7-14(13)17)19-15(22)10-24-16-20-18-11-21(16)8-5-9-23-2/h3-4,6-7,11-12H,5,8-10H2,1-2H3,(H,19,22)/t12-/m0/s1. The Kier molecular flexibility index (Phi) is 7.55. The highest BCUT2D eigenvalue weighted by Gasteiger charge is 2.14. The zero-order valence-electron chi connectivity index (χ0n) is 13.7. The van der Waals surface area contributed by atoms with Crippen LogP contribution in [-0.2, 0) is 16.1 Å². The summed E-state index contributed by atoms with van der Waals surface area (Å²) in [4.78, 5) is 12.2. The van der Waals surface area contributed by atoms with Gasteiger partial charge in [0, 0.05) is 25.3 Å². The first kappa shape index (κ1) is 18.8. The summed E-state index contributed by atoms with van der Waals surface area (Å²) in [6.45, 7) is 3.36. The molecule has 0 fully saturated rings. The van der Waals surface area contributed by atoms with Gasteiger partial charge in [0.25, 0.3) is 0 Å². The van der Waals surface area contributed by atoms with E-state index in [4.69, 9.17) is 16.3 Å². The van der Waals surface area contributed by atoms with Crippen LogP contribution in [0.5, 0.6) is 0 Å². The van der Waals surface area contributed by atoms with Crippen LogP contribution in [0.3, 0.4) is 0 Å². The van der Waals surface area contributed by atoms with E-state index in [9.17, 15) is 4.79 Å². The van der Waals surface area contributed by atoms with Crippen LogP contribution in [-0.4, -0.2) is 40.1 Å². The summed E-state index contributed by atoms with van der Waals surface area (Å²) in [5.41, 5.74) is 0.903. The van der Waals surface area contributed by atoms with Gasteiger partial charge >= 0.3 is 0 Å². The first-order chi connectivity index (χ1) is 11.6. The zero-order valence-corrected chi connectivity index (χ0v) is 15.3. The second-order valence-electron chi connectivity index (χ2n) is 5.25. The molecule has 0 radical (unpaired) electrons. The van der Waals surface area contributed by atoms with E-state index in [1.54, 1.807) is 13.4 Å². The number of methoxy groups -OCH3 is 1. The van der Waals surface area contributed by atoms with Crippen LogP contribution in [0.15, 0.2) is 35.7 Å². The van der Waals surface area contributed by atoms with Crippen LogP contribution >= 0.6 is 23.4 Å². The lowest BCUT2D eigenvalue weighted by Gasteiger charge is -2.15. The molecule has 0 spiro atoms. The van der Waals surface area contributed by atoms with Crippen molar-refractivity contribution in [1.29, 1.82) is 0 Å². The lowest BCUT2D eigenvalue weighted by Crippen LogP contribution is -2.28. The van der Waals surface area contributed by atoms with Gasteiger partial charge in [-0.1, -0.05) is 41.6 Å². The molecule has 0 saturated carbocycles. The average Bonchev–Trinajstić information content (AvgIpc) is 3.01. The molecule has 1 atom stereocenters. The van der Waals surface area contributed by atoms with Gasteiger partial charge in [-0.25, -0.2) is 0 Å². The number of aryl methyl sites for hydroxylation is 1. The molecule has 0 saturated heterocycles. The molecule has 1 amide bonds. The Morgan fingerprint density at radius 2 is 2.25 bits per heavy atom. The Morgan fingerprint density at radius 3 is 3.00 bits per heavy atom. The van der Waals surface area contributed by atoms with Crippen molar-refractivity contribution in [1.82, 2.24) is 20.1 Å². The number of aromatic nitrogens is 3. The fourth-order valence-corrected chi connectivity index (χ4v) is 3.26. The molecule has 0 aliphatic heterocycles. The molecular formula is C16H21ClN4O2S. The molecule has 24 heavy (non-hydrogen) atoms. The van der Waals surface area contributed by atoms with Crippen LogP contribution in [0.25, 0.3) is 0 Å². The summed E-state index contributed by atoms with van der Waals surface area (Å²) in [5.74, 6) is 0.205. The summed E-state index contributed by atoms with van der Waals surface area (Å²) >= 11 is 7.52. The van der Waals surface area contributed by atoms with E-state index in [1.807, 2.05) is 35.8 Å². The lowest BCUT2D eigenvalue weighted by atomic mass is 10.1. The summed E-state index contributed by atoms with van der Waals surface area (Å²) < 4.78 is 6.96. The molecule has 2 aromatic rings. The molecule has 1 N–H and O–H groups in total. The van der Waals surface area contributed by atoms with Crippen molar-refractivity contribution in [2.24, 2.45) is 0 Å². The summed E-state index contributed by atoms with van der Waals surface area (Å²) in [6, 6.07) is 7.35. The number of ether oxygens (including phenoxy) is 1. The Labute approximate surface area is 150 Å². The number of carbonyl (C=O) groups is 1. The van der Waals surface area contributed by atoms with Crippen molar-refractivity contribution in [2.75, 3.05) is 19.5 Å². The lowest BCUT2D eigenvalue weighted by molar-refractivity contribution is -0.119. The van der Waals surface area contributed by atoms with Crippen molar-refractivity contribution in [3.05, 3.63) is 41.2 Å². The molecule has 0 bridgehead atoms. The van der Waals surface area contributed by atoms with E-state index < -0.39 is 0 Å². The minimum Gasteiger partial charge on any atom is -0.385 e. The Balaban J connectivity index is 1.83. The van der Waals surface area contributed by atoms with Gasteiger partial charge in [0.05, 0.1) is 11.8 Å². The number of benzene rings is 1. The zero-order chi connectivity index (χ0) is 17.4. The van der Waals surface area contributed by atoms with Crippen LogP contribution in [0, 0.1) is 0 Å². The minimum absolute atomic E-state index is 0.0705. The third-order valence-electron chi connectivity index (χ3n) is 3.41. The van der Waals surface area contributed by atoms with E-state index in [-0.39, 0.29) is 17.7 Å². The van der Waals surface area contributed by atoms with Gasteiger partial charge < -0.3 is 14.6 Å². The summed E-state index contributed by atoms with van der Waals surface area (Å²) in [5, 5.41) is 12.3. The molecule has 1 heterocycles. The van der Waals surface area contributed by atoms with Crippen LogP contribution in [0.1, 0.15) is 24.9 Å². The first-order valence-corrected chi connectivity index (χ1v) is 9.01. The van der Waals surface area contributed by atoms with Crippen molar-refractivity contribution in [3.8, 4) is 0 Å². The van der Waals surface area contributed by atoms with Crippen LogP contribution in [0.4, 0.5) is 0 Å². The number of hydrogen-bond acceptors (Lipinski definition) is 5. The van der Waals surface area contributed by atoms with E-state index in [0.29, 0.717) is 11.6 Å². The Hall–Kier alpha value is -1.57. The highest BCUT2D eigenvalue weighted by atomic mass is 35.5. The van der Waals surface area contributed by atoms with Gasteiger partial charge in [0.1, 0.15) is 6.33 Å². The average molecular weight is 369 g/mol. The number of rotatable bonds is 9. The van der Waals surface area contributed by atoms with Gasteiger partial charge in [-0.05, 0) is 25.0 Å². The highest BCUT2D eigenvalue weighted by Crippen LogP contribution is 2.22. The van der Waals surface area contributed by atoms with Crippen LogP contribution in [0.2, 0.25) is 5.02 Å². The van der Waals surface area contributed by atoms with Gasteiger partial charge in [-0.3, -0.25) is 4.79 Å². The highest BCUT2D eigenvalue weighted by molar-refractivity contribution is 7.99. The molecule has 130 valence electrons. The van der Waals surface area contributed by atoms with Gasteiger partial charge in [-0.2, -0.15) is 0 Å². The third kappa shape index (κ3) is 5.51. The molecule has 1 aromatic heterocycles. The molecule has 0 aliphatic rings.